The molecule has 60 valence electrons. The molecule has 0 unspecified atom stereocenters. The number of halogens is 1. The van der Waals surface area contributed by atoms with Gasteiger partial charge in [-0.15, -0.1) is 0 Å². The maximum atomic E-state index is 12.1. The molecule has 4 heteroatoms. The largest absolute Gasteiger partial charge is 0.483 e. The highest BCUT2D eigenvalue weighted by atomic mass is 19.1. The van der Waals surface area contributed by atoms with Crippen LogP contribution in [-0.4, -0.2) is 16.6 Å². The van der Waals surface area contributed by atoms with Crippen molar-refractivity contribution in [2.75, 3.05) is 0 Å². The summed E-state index contributed by atoms with van der Waals surface area (Å²) in [7, 11) is 0. The first-order chi connectivity index (χ1) is 5.20. The van der Waals surface area contributed by atoms with Crippen LogP contribution in [0.3, 0.4) is 0 Å². The maximum Gasteiger partial charge on any atom is 0.290 e. The van der Waals surface area contributed by atoms with Crippen LogP contribution in [0.2, 0.25) is 0 Å². The Morgan fingerprint density at radius 2 is 2.27 bits per heavy atom. The van der Waals surface area contributed by atoms with Crippen molar-refractivity contribution in [2.45, 2.75) is 6.92 Å². The lowest BCUT2D eigenvalue weighted by Crippen LogP contribution is -1.79. The number of aromatic nitrogens is 1. The van der Waals surface area contributed by atoms with Gasteiger partial charge in [0.1, 0.15) is 5.82 Å². The van der Waals surface area contributed by atoms with Crippen LogP contribution in [0.5, 0.6) is 0 Å². The number of rotatable bonds is 0. The number of carbonyl (C=O) groups is 1. The Hall–Kier alpha value is -1.45. The molecule has 0 amide bonds. The number of nitrogens with zero attached hydrogens (tertiary/aromatic N) is 1. The fourth-order valence-corrected chi connectivity index (χ4v) is 0.511. The average molecular weight is 157 g/mol. The Morgan fingerprint density at radius 3 is 2.55 bits per heavy atom. The summed E-state index contributed by atoms with van der Waals surface area (Å²) in [5.74, 6) is -0.225. The van der Waals surface area contributed by atoms with E-state index < -0.39 is 0 Å². The highest BCUT2D eigenvalue weighted by Crippen LogP contribution is 1.95. The van der Waals surface area contributed by atoms with Crippen molar-refractivity contribution in [3.63, 3.8) is 0 Å². The van der Waals surface area contributed by atoms with Crippen molar-refractivity contribution in [3.8, 4) is 0 Å². The van der Waals surface area contributed by atoms with Gasteiger partial charge in [0.15, 0.2) is 0 Å². The van der Waals surface area contributed by atoms with Crippen LogP contribution in [0.25, 0.3) is 0 Å². The third-order valence-corrected chi connectivity index (χ3v) is 0.859. The van der Waals surface area contributed by atoms with E-state index in [1.54, 1.807) is 6.92 Å². The van der Waals surface area contributed by atoms with Crippen LogP contribution in [0, 0.1) is 12.7 Å². The number of aryl methyl sites for hydroxylation is 1. The van der Waals surface area contributed by atoms with Gasteiger partial charge in [-0.3, -0.25) is 9.78 Å². The first-order valence-corrected chi connectivity index (χ1v) is 2.86. The summed E-state index contributed by atoms with van der Waals surface area (Å²) in [5, 5.41) is 6.89. The third kappa shape index (κ3) is 5.02. The van der Waals surface area contributed by atoms with E-state index >= 15 is 0 Å². The molecule has 0 aliphatic carbocycles. The molecule has 0 spiro atoms. The van der Waals surface area contributed by atoms with Crippen molar-refractivity contribution >= 4 is 6.47 Å². The molecule has 0 saturated carbocycles. The van der Waals surface area contributed by atoms with Crippen LogP contribution < -0.4 is 0 Å². The minimum absolute atomic E-state index is 0.225. The van der Waals surface area contributed by atoms with Crippen LogP contribution in [0.15, 0.2) is 18.3 Å². The lowest BCUT2D eigenvalue weighted by atomic mass is 10.4. The quantitative estimate of drug-likeness (QED) is 0.576. The van der Waals surface area contributed by atoms with Crippen LogP contribution in [0.4, 0.5) is 4.39 Å². The van der Waals surface area contributed by atoms with E-state index in [-0.39, 0.29) is 12.3 Å². The number of hydrogen-bond acceptors (Lipinski definition) is 2. The normalized spacial score (nSPS) is 7.82. The van der Waals surface area contributed by atoms with Crippen LogP contribution in [-0.2, 0) is 4.79 Å². The lowest BCUT2D eigenvalue weighted by Gasteiger charge is -1.86. The summed E-state index contributed by atoms with van der Waals surface area (Å²) in [5.41, 5.74) is 0.713. The molecule has 0 fully saturated rings. The summed E-state index contributed by atoms with van der Waals surface area (Å²) in [4.78, 5) is 12.2. The minimum atomic E-state index is -0.250. The molecule has 0 saturated heterocycles. The van der Waals surface area contributed by atoms with Gasteiger partial charge < -0.3 is 5.11 Å². The first kappa shape index (κ1) is 9.55. The predicted molar refractivity (Wildman–Crippen MR) is 37.6 cm³/mol. The van der Waals surface area contributed by atoms with E-state index in [1.807, 2.05) is 0 Å². The van der Waals surface area contributed by atoms with E-state index in [1.165, 1.54) is 18.3 Å². The molecule has 1 aromatic heterocycles. The summed E-state index contributed by atoms with van der Waals surface area (Å²) >= 11 is 0. The monoisotopic (exact) mass is 157 g/mol. The van der Waals surface area contributed by atoms with Gasteiger partial charge >= 0.3 is 0 Å². The van der Waals surface area contributed by atoms with Gasteiger partial charge in [0.05, 0.1) is 0 Å². The zero-order chi connectivity index (χ0) is 8.69. The first-order valence-electron chi connectivity index (χ1n) is 2.86. The zero-order valence-corrected chi connectivity index (χ0v) is 5.99. The molecule has 1 rings (SSSR count). The Bertz CT molecular complexity index is 210. The van der Waals surface area contributed by atoms with E-state index in [0.29, 0.717) is 5.69 Å². The molecule has 1 heterocycles. The molecular weight excluding hydrogens is 149 g/mol. The van der Waals surface area contributed by atoms with Crippen molar-refractivity contribution in [1.82, 2.24) is 4.98 Å². The second kappa shape index (κ2) is 5.34. The molecular formula is C7H8FNO2. The van der Waals surface area contributed by atoms with Crippen molar-refractivity contribution in [2.24, 2.45) is 0 Å². The second-order valence-corrected chi connectivity index (χ2v) is 1.72. The Balaban J connectivity index is 0.000000292. The molecule has 0 bridgehead atoms. The van der Waals surface area contributed by atoms with Gasteiger partial charge in [-0.1, -0.05) is 0 Å². The molecule has 11 heavy (non-hydrogen) atoms. The van der Waals surface area contributed by atoms with Gasteiger partial charge in [-0.05, 0) is 19.1 Å². The van der Waals surface area contributed by atoms with Crippen molar-refractivity contribution in [3.05, 3.63) is 29.8 Å². The molecule has 0 atom stereocenters. The topological polar surface area (TPSA) is 50.2 Å². The van der Waals surface area contributed by atoms with Gasteiger partial charge in [-0.25, -0.2) is 4.39 Å². The number of hydrogen-bond donors (Lipinski definition) is 1. The van der Waals surface area contributed by atoms with E-state index in [9.17, 15) is 4.39 Å². The Kier molecular flexibility index (Phi) is 4.64. The van der Waals surface area contributed by atoms with E-state index in [2.05, 4.69) is 4.98 Å². The van der Waals surface area contributed by atoms with E-state index in [4.69, 9.17) is 9.90 Å². The summed E-state index contributed by atoms with van der Waals surface area (Å²) in [6.07, 6.45) is 1.45. The second-order valence-electron chi connectivity index (χ2n) is 1.72. The molecule has 0 radical (unpaired) electrons. The fourth-order valence-electron chi connectivity index (χ4n) is 0.511. The SMILES string of the molecule is Cc1cc(F)ccn1.O=CO. The standard InChI is InChI=1S/C6H6FN.CH2O2/c1-5-4-6(7)2-3-8-5;2-1-3/h2-4H,1H3;1H,(H,2,3). The number of carboxylic acid groups (broad SMARTS) is 1. The summed E-state index contributed by atoms with van der Waals surface area (Å²) < 4.78 is 12.1. The third-order valence-electron chi connectivity index (χ3n) is 0.859. The maximum absolute atomic E-state index is 12.1. The average Bonchev–Trinajstić information content (AvgIpc) is 1.88. The molecule has 3 nitrogen and oxygen atoms in total. The smallest absolute Gasteiger partial charge is 0.290 e. The van der Waals surface area contributed by atoms with Gasteiger partial charge in [-0.2, -0.15) is 0 Å². The highest BCUT2D eigenvalue weighted by molar-refractivity contribution is 5.32. The van der Waals surface area contributed by atoms with Crippen LogP contribution in [0.1, 0.15) is 5.69 Å². The van der Waals surface area contributed by atoms with E-state index in [0.717, 1.165) is 0 Å². The molecule has 0 aromatic carbocycles. The summed E-state index contributed by atoms with van der Waals surface area (Å²) in [6.45, 7) is 1.50. The Morgan fingerprint density at radius 1 is 1.73 bits per heavy atom. The van der Waals surface area contributed by atoms with Crippen molar-refractivity contribution < 1.29 is 14.3 Å². The molecule has 0 aliphatic rings. The van der Waals surface area contributed by atoms with Gasteiger partial charge in [0, 0.05) is 11.9 Å². The van der Waals surface area contributed by atoms with Gasteiger partial charge in [0.2, 0.25) is 0 Å². The minimum Gasteiger partial charge on any atom is -0.483 e. The highest BCUT2D eigenvalue weighted by Gasteiger charge is 1.85. The Labute approximate surface area is 63.5 Å². The van der Waals surface area contributed by atoms with Crippen LogP contribution >= 0.6 is 0 Å². The van der Waals surface area contributed by atoms with Gasteiger partial charge in [0.25, 0.3) is 6.47 Å². The molecule has 1 N–H and O–H groups in total. The fraction of sp³-hybridized carbons (Fsp3) is 0.143. The lowest BCUT2D eigenvalue weighted by molar-refractivity contribution is -0.122. The predicted octanol–water partition coefficient (Wildman–Crippen LogP) is 1.23. The zero-order valence-electron chi connectivity index (χ0n) is 5.99. The number of pyridine rings is 1. The molecule has 0 aliphatic heterocycles. The van der Waals surface area contributed by atoms with Crippen molar-refractivity contribution in [1.29, 1.82) is 0 Å². The summed E-state index contributed by atoms with van der Waals surface area (Å²) in [6, 6.07) is 2.72. The molecule has 1 aromatic rings.